The Morgan fingerprint density at radius 3 is 2.50 bits per heavy atom. The normalized spacial score (nSPS) is 23.1. The number of amides is 1. The standard InChI is InChI=1S/C25H27ClFNO4/c1-17-2-4-18(5-3-17)8-9-31-12-19(29)11-24-14-25(15-24,16-24)28-23(30)13-32-20-6-7-21(26)22(27)10-20/h2-7,10H,8-9,11-16H2,1H3,(H,28,30). The van der Waals surface area contributed by atoms with Gasteiger partial charge in [0.2, 0.25) is 0 Å². The van der Waals surface area contributed by atoms with Crippen molar-refractivity contribution in [2.75, 3.05) is 19.8 Å². The van der Waals surface area contributed by atoms with Crippen molar-refractivity contribution < 1.29 is 23.5 Å². The molecule has 1 N–H and O–H groups in total. The first-order chi connectivity index (χ1) is 15.3. The Morgan fingerprint density at radius 1 is 1.09 bits per heavy atom. The minimum absolute atomic E-state index is 0.00481. The number of benzene rings is 2. The van der Waals surface area contributed by atoms with E-state index in [9.17, 15) is 14.0 Å². The van der Waals surface area contributed by atoms with Crippen molar-refractivity contribution in [3.63, 3.8) is 0 Å². The quantitative estimate of drug-likeness (QED) is 0.505. The fourth-order valence-electron chi connectivity index (χ4n) is 4.97. The van der Waals surface area contributed by atoms with E-state index in [-0.39, 0.29) is 46.6 Å². The highest BCUT2D eigenvalue weighted by atomic mass is 35.5. The first kappa shape index (κ1) is 22.7. The van der Waals surface area contributed by atoms with Crippen LogP contribution in [-0.4, -0.2) is 37.0 Å². The van der Waals surface area contributed by atoms with E-state index in [4.69, 9.17) is 21.1 Å². The van der Waals surface area contributed by atoms with Crippen molar-refractivity contribution in [2.45, 2.75) is 44.6 Å². The molecular formula is C25H27ClFNO4. The molecule has 3 fully saturated rings. The van der Waals surface area contributed by atoms with Crippen LogP contribution in [0.15, 0.2) is 42.5 Å². The van der Waals surface area contributed by atoms with Crippen molar-refractivity contribution in [3.8, 4) is 5.75 Å². The molecule has 0 aromatic heterocycles. The van der Waals surface area contributed by atoms with Crippen molar-refractivity contribution >= 4 is 23.3 Å². The Labute approximate surface area is 192 Å². The van der Waals surface area contributed by atoms with Gasteiger partial charge in [0.25, 0.3) is 5.91 Å². The number of aryl methyl sites for hydroxylation is 1. The topological polar surface area (TPSA) is 64.6 Å². The van der Waals surface area contributed by atoms with Gasteiger partial charge in [-0.15, -0.1) is 0 Å². The average molecular weight is 460 g/mol. The van der Waals surface area contributed by atoms with Crippen LogP contribution in [0, 0.1) is 18.2 Å². The number of carbonyl (C=O) groups excluding carboxylic acids is 2. The van der Waals surface area contributed by atoms with Gasteiger partial charge in [0.05, 0.1) is 11.6 Å². The maximum absolute atomic E-state index is 13.4. The molecule has 0 atom stereocenters. The number of carbonyl (C=O) groups is 2. The summed E-state index contributed by atoms with van der Waals surface area (Å²) in [6, 6.07) is 12.4. The van der Waals surface area contributed by atoms with Gasteiger partial charge < -0.3 is 14.8 Å². The number of nitrogens with one attached hydrogen (secondary N) is 1. The fourth-order valence-corrected chi connectivity index (χ4v) is 5.08. The number of ether oxygens (including phenoxy) is 2. The van der Waals surface area contributed by atoms with Gasteiger partial charge in [0, 0.05) is 18.0 Å². The van der Waals surface area contributed by atoms with Crippen molar-refractivity contribution in [1.29, 1.82) is 0 Å². The Morgan fingerprint density at radius 2 is 1.81 bits per heavy atom. The molecule has 3 aliphatic rings. The number of rotatable bonds is 11. The molecule has 7 heteroatoms. The smallest absolute Gasteiger partial charge is 0.258 e. The maximum Gasteiger partial charge on any atom is 0.258 e. The number of hydrogen-bond donors (Lipinski definition) is 1. The highest BCUT2D eigenvalue weighted by Crippen LogP contribution is 2.68. The van der Waals surface area contributed by atoms with Crippen molar-refractivity contribution in [1.82, 2.24) is 5.32 Å². The lowest BCUT2D eigenvalue weighted by molar-refractivity contribution is -0.174. The van der Waals surface area contributed by atoms with Gasteiger partial charge in [-0.3, -0.25) is 9.59 Å². The minimum atomic E-state index is -0.588. The van der Waals surface area contributed by atoms with Crippen LogP contribution in [0.4, 0.5) is 4.39 Å². The summed E-state index contributed by atoms with van der Waals surface area (Å²) in [6.07, 6.45) is 3.69. The molecule has 0 spiro atoms. The van der Waals surface area contributed by atoms with Crippen LogP contribution in [0.25, 0.3) is 0 Å². The summed E-state index contributed by atoms with van der Waals surface area (Å²) < 4.78 is 24.3. The van der Waals surface area contributed by atoms with E-state index in [0.29, 0.717) is 13.0 Å². The fraction of sp³-hybridized carbons (Fsp3) is 0.440. The van der Waals surface area contributed by atoms with E-state index in [1.54, 1.807) is 0 Å². The zero-order valence-electron chi connectivity index (χ0n) is 18.1. The summed E-state index contributed by atoms with van der Waals surface area (Å²) in [5.74, 6) is -0.472. The van der Waals surface area contributed by atoms with E-state index < -0.39 is 5.82 Å². The molecule has 0 radical (unpaired) electrons. The van der Waals surface area contributed by atoms with E-state index in [1.165, 1.54) is 23.3 Å². The van der Waals surface area contributed by atoms with Crippen LogP contribution in [0.5, 0.6) is 5.75 Å². The first-order valence-electron chi connectivity index (χ1n) is 10.8. The van der Waals surface area contributed by atoms with Crippen LogP contribution >= 0.6 is 11.6 Å². The Bertz CT molecular complexity index is 988. The Balaban J connectivity index is 1.11. The highest BCUT2D eigenvalue weighted by molar-refractivity contribution is 6.30. The van der Waals surface area contributed by atoms with Crippen LogP contribution in [-0.2, 0) is 20.7 Å². The molecule has 170 valence electrons. The predicted molar refractivity (Wildman–Crippen MR) is 119 cm³/mol. The zero-order chi connectivity index (χ0) is 22.8. The van der Waals surface area contributed by atoms with E-state index in [2.05, 4.69) is 36.5 Å². The van der Waals surface area contributed by atoms with Crippen molar-refractivity contribution in [2.24, 2.45) is 5.41 Å². The van der Waals surface area contributed by atoms with Gasteiger partial charge >= 0.3 is 0 Å². The number of halogens is 2. The lowest BCUT2D eigenvalue weighted by Crippen LogP contribution is -2.75. The summed E-state index contributed by atoms with van der Waals surface area (Å²) in [6.45, 7) is 2.53. The summed E-state index contributed by atoms with van der Waals surface area (Å²) in [5.41, 5.74) is 2.20. The second-order valence-corrected chi connectivity index (χ2v) is 9.63. The third kappa shape index (κ3) is 5.30. The molecule has 2 aromatic rings. The van der Waals surface area contributed by atoms with Gasteiger partial charge in [-0.2, -0.15) is 0 Å². The number of ketones is 1. The zero-order valence-corrected chi connectivity index (χ0v) is 18.8. The van der Waals surface area contributed by atoms with E-state index in [1.807, 2.05) is 0 Å². The highest BCUT2D eigenvalue weighted by Gasteiger charge is 2.68. The summed E-state index contributed by atoms with van der Waals surface area (Å²) in [7, 11) is 0. The Kier molecular flexibility index (Phi) is 6.54. The molecule has 32 heavy (non-hydrogen) atoms. The molecular weight excluding hydrogens is 433 g/mol. The molecule has 5 nitrogen and oxygen atoms in total. The molecule has 0 aliphatic heterocycles. The van der Waals surface area contributed by atoms with Crippen molar-refractivity contribution in [3.05, 3.63) is 64.4 Å². The molecule has 1 amide bonds. The number of Topliss-reactive ketones (excluding diaryl/α,β-unsaturated/α-hetero) is 1. The third-order valence-electron chi connectivity index (χ3n) is 6.30. The van der Waals surface area contributed by atoms with Gasteiger partial charge in [-0.05, 0) is 55.7 Å². The summed E-state index contributed by atoms with van der Waals surface area (Å²) >= 11 is 5.64. The maximum atomic E-state index is 13.4. The second-order valence-electron chi connectivity index (χ2n) is 9.23. The summed E-state index contributed by atoms with van der Waals surface area (Å²) in [5, 5.41) is 3.01. The molecule has 5 rings (SSSR count). The second kappa shape index (κ2) is 9.20. The van der Waals surface area contributed by atoms with Gasteiger partial charge in [-0.25, -0.2) is 4.39 Å². The van der Waals surface area contributed by atoms with Crippen LogP contribution < -0.4 is 10.1 Å². The lowest BCUT2D eigenvalue weighted by atomic mass is 9.38. The lowest BCUT2D eigenvalue weighted by Gasteiger charge is -2.70. The van der Waals surface area contributed by atoms with Crippen LogP contribution in [0.1, 0.15) is 36.8 Å². The predicted octanol–water partition coefficient (Wildman–Crippen LogP) is 4.42. The van der Waals surface area contributed by atoms with Crippen LogP contribution in [0.2, 0.25) is 5.02 Å². The van der Waals surface area contributed by atoms with Gasteiger partial charge in [0.1, 0.15) is 18.2 Å². The largest absolute Gasteiger partial charge is 0.484 e. The minimum Gasteiger partial charge on any atom is -0.484 e. The molecule has 2 bridgehead atoms. The molecule has 3 saturated carbocycles. The third-order valence-corrected chi connectivity index (χ3v) is 6.60. The molecule has 0 unspecified atom stereocenters. The molecule has 3 aliphatic carbocycles. The summed E-state index contributed by atoms with van der Waals surface area (Å²) in [4.78, 5) is 24.5. The average Bonchev–Trinajstić information content (AvgIpc) is 2.71. The van der Waals surface area contributed by atoms with Gasteiger partial charge in [0.15, 0.2) is 12.4 Å². The SMILES string of the molecule is Cc1ccc(CCOCC(=O)CC23CC(NC(=O)COc4ccc(Cl)c(F)c4)(C2)C3)cc1. The number of hydrogen-bond acceptors (Lipinski definition) is 4. The molecule has 2 aromatic carbocycles. The van der Waals surface area contributed by atoms with Gasteiger partial charge in [-0.1, -0.05) is 41.4 Å². The molecule has 0 saturated heterocycles. The van der Waals surface area contributed by atoms with E-state index >= 15 is 0 Å². The van der Waals surface area contributed by atoms with Crippen LogP contribution in [0.3, 0.4) is 0 Å². The monoisotopic (exact) mass is 459 g/mol. The molecule has 0 heterocycles. The Hall–Kier alpha value is -2.44. The van der Waals surface area contributed by atoms with E-state index in [0.717, 1.165) is 31.7 Å². The first-order valence-corrected chi connectivity index (χ1v) is 11.2.